The molecule has 1 aromatic rings. The number of amides is 1. The number of nitro groups is 1. The zero-order valence-electron chi connectivity index (χ0n) is 10.7. The molecule has 1 unspecified atom stereocenters. The summed E-state index contributed by atoms with van der Waals surface area (Å²) in [7, 11) is 0. The molecule has 0 spiro atoms. The van der Waals surface area contributed by atoms with Crippen LogP contribution >= 0.6 is 0 Å². The van der Waals surface area contributed by atoms with Crippen LogP contribution in [-0.4, -0.2) is 39.4 Å². The van der Waals surface area contributed by atoms with E-state index in [1.807, 2.05) is 0 Å². The van der Waals surface area contributed by atoms with E-state index in [4.69, 9.17) is 5.11 Å². The number of rotatable bonds is 4. The van der Waals surface area contributed by atoms with Crippen molar-refractivity contribution in [3.05, 3.63) is 39.9 Å². The average molecular weight is 278 g/mol. The van der Waals surface area contributed by atoms with Crippen molar-refractivity contribution in [3.8, 4) is 0 Å². The van der Waals surface area contributed by atoms with Crippen molar-refractivity contribution >= 4 is 17.6 Å². The van der Waals surface area contributed by atoms with E-state index in [0.717, 1.165) is 6.42 Å². The minimum Gasteiger partial charge on any atom is -0.481 e. The number of carboxylic acids is 1. The van der Waals surface area contributed by atoms with Gasteiger partial charge in [-0.05, 0) is 18.9 Å². The second kappa shape index (κ2) is 5.68. The highest BCUT2D eigenvalue weighted by Crippen LogP contribution is 2.23. The minimum atomic E-state index is -0.950. The van der Waals surface area contributed by atoms with Crippen molar-refractivity contribution < 1.29 is 19.6 Å². The van der Waals surface area contributed by atoms with Crippen LogP contribution in [-0.2, 0) is 4.79 Å². The largest absolute Gasteiger partial charge is 0.481 e. The van der Waals surface area contributed by atoms with Gasteiger partial charge in [0, 0.05) is 30.3 Å². The van der Waals surface area contributed by atoms with Gasteiger partial charge in [0.25, 0.3) is 11.6 Å². The third-order valence-electron chi connectivity index (χ3n) is 3.35. The first-order valence-electron chi connectivity index (χ1n) is 6.26. The predicted molar refractivity (Wildman–Crippen MR) is 69.4 cm³/mol. The summed E-state index contributed by atoms with van der Waals surface area (Å²) in [5.41, 5.74) is 0.0707. The zero-order chi connectivity index (χ0) is 14.7. The molecule has 0 radical (unpaired) electrons. The predicted octanol–water partition coefficient (Wildman–Crippen LogP) is 1.67. The Morgan fingerprint density at radius 1 is 1.45 bits per heavy atom. The maximum atomic E-state index is 12.3. The van der Waals surface area contributed by atoms with Crippen LogP contribution in [0.4, 0.5) is 5.69 Å². The van der Waals surface area contributed by atoms with Gasteiger partial charge in [-0.15, -0.1) is 0 Å². The van der Waals surface area contributed by atoms with Crippen molar-refractivity contribution in [1.82, 2.24) is 4.90 Å². The molecule has 1 saturated heterocycles. The van der Waals surface area contributed by atoms with E-state index in [9.17, 15) is 19.7 Å². The Morgan fingerprint density at radius 3 is 2.85 bits per heavy atom. The monoisotopic (exact) mass is 278 g/mol. The van der Waals surface area contributed by atoms with Gasteiger partial charge in [0.2, 0.25) is 0 Å². The number of likely N-dealkylation sites (tertiary alicyclic amines) is 1. The van der Waals surface area contributed by atoms with Gasteiger partial charge in [-0.25, -0.2) is 0 Å². The number of carboxylic acid groups (broad SMARTS) is 1. The molecule has 2 rings (SSSR count). The summed E-state index contributed by atoms with van der Waals surface area (Å²) in [5.74, 6) is -1.30. The molecule has 1 aromatic carbocycles. The number of carbonyl (C=O) groups excluding carboxylic acids is 1. The van der Waals surface area contributed by atoms with Crippen LogP contribution in [0.3, 0.4) is 0 Å². The third kappa shape index (κ3) is 2.93. The molecule has 7 nitrogen and oxygen atoms in total. The maximum Gasteiger partial charge on any atom is 0.305 e. The number of non-ortho nitro benzene ring substituents is 1. The van der Waals surface area contributed by atoms with Gasteiger partial charge in [-0.1, -0.05) is 6.07 Å². The fourth-order valence-electron chi connectivity index (χ4n) is 2.44. The summed E-state index contributed by atoms with van der Waals surface area (Å²) < 4.78 is 0. The summed E-state index contributed by atoms with van der Waals surface area (Å²) in [6.45, 7) is 0.486. The number of nitro benzene ring substituents is 1. The Kier molecular flexibility index (Phi) is 3.97. The van der Waals surface area contributed by atoms with E-state index in [-0.39, 0.29) is 29.6 Å². The van der Waals surface area contributed by atoms with Crippen molar-refractivity contribution in [2.75, 3.05) is 6.54 Å². The molecule has 1 N–H and O–H groups in total. The van der Waals surface area contributed by atoms with Crippen LogP contribution in [0.25, 0.3) is 0 Å². The molecule has 0 saturated carbocycles. The third-order valence-corrected chi connectivity index (χ3v) is 3.35. The molecule has 0 bridgehead atoms. The number of benzene rings is 1. The second-order valence-electron chi connectivity index (χ2n) is 4.70. The Hall–Kier alpha value is -2.44. The molecular weight excluding hydrogens is 264 g/mol. The van der Waals surface area contributed by atoms with Gasteiger partial charge in [-0.3, -0.25) is 19.7 Å². The molecule has 1 atom stereocenters. The van der Waals surface area contributed by atoms with Gasteiger partial charge >= 0.3 is 5.97 Å². The maximum absolute atomic E-state index is 12.3. The zero-order valence-corrected chi connectivity index (χ0v) is 10.7. The Bertz CT molecular complexity index is 557. The van der Waals surface area contributed by atoms with Crippen LogP contribution in [0.15, 0.2) is 24.3 Å². The van der Waals surface area contributed by atoms with E-state index in [1.165, 1.54) is 29.2 Å². The van der Waals surface area contributed by atoms with E-state index in [0.29, 0.717) is 13.0 Å². The van der Waals surface area contributed by atoms with Gasteiger partial charge in [-0.2, -0.15) is 0 Å². The molecule has 0 aromatic heterocycles. The highest BCUT2D eigenvalue weighted by Gasteiger charge is 2.31. The first-order valence-corrected chi connectivity index (χ1v) is 6.26. The Balaban J connectivity index is 2.20. The first kappa shape index (κ1) is 14.0. The highest BCUT2D eigenvalue weighted by atomic mass is 16.6. The molecule has 1 heterocycles. The van der Waals surface area contributed by atoms with Crippen molar-refractivity contribution in [1.29, 1.82) is 0 Å². The molecule has 1 aliphatic heterocycles. The van der Waals surface area contributed by atoms with Crippen LogP contribution in [0.1, 0.15) is 29.6 Å². The van der Waals surface area contributed by atoms with E-state index < -0.39 is 10.9 Å². The average Bonchev–Trinajstić information content (AvgIpc) is 2.85. The Morgan fingerprint density at radius 2 is 2.20 bits per heavy atom. The molecule has 1 aliphatic rings. The minimum absolute atomic E-state index is 0.0966. The molecule has 1 fully saturated rings. The van der Waals surface area contributed by atoms with E-state index in [1.54, 1.807) is 0 Å². The molecule has 0 aliphatic carbocycles. The van der Waals surface area contributed by atoms with Crippen LogP contribution in [0.2, 0.25) is 0 Å². The molecule has 106 valence electrons. The quantitative estimate of drug-likeness (QED) is 0.667. The standard InChI is InChI=1S/C13H14N2O5/c16-12(17)8-10-5-2-6-14(10)13(18)9-3-1-4-11(7-9)15(19)20/h1,3-4,7,10H,2,5-6,8H2,(H,16,17). The lowest BCUT2D eigenvalue weighted by atomic mass is 10.1. The normalized spacial score (nSPS) is 18.0. The number of aliphatic carboxylic acids is 1. The summed E-state index contributed by atoms with van der Waals surface area (Å²) in [5, 5.41) is 19.5. The smallest absolute Gasteiger partial charge is 0.305 e. The van der Waals surface area contributed by atoms with Gasteiger partial charge in [0.1, 0.15) is 0 Å². The Labute approximate surface area is 115 Å². The summed E-state index contributed by atoms with van der Waals surface area (Å²) >= 11 is 0. The second-order valence-corrected chi connectivity index (χ2v) is 4.70. The summed E-state index contributed by atoms with van der Waals surface area (Å²) in [6, 6.07) is 5.16. The van der Waals surface area contributed by atoms with Crippen LogP contribution < -0.4 is 0 Å². The molecule has 20 heavy (non-hydrogen) atoms. The summed E-state index contributed by atoms with van der Waals surface area (Å²) in [6.07, 6.45) is 1.30. The lowest BCUT2D eigenvalue weighted by Crippen LogP contribution is -2.36. The van der Waals surface area contributed by atoms with Gasteiger partial charge < -0.3 is 10.0 Å². The number of carbonyl (C=O) groups is 2. The lowest BCUT2D eigenvalue weighted by Gasteiger charge is -2.23. The van der Waals surface area contributed by atoms with E-state index in [2.05, 4.69) is 0 Å². The molecule has 1 amide bonds. The molecule has 7 heteroatoms. The van der Waals surface area contributed by atoms with Gasteiger partial charge in [0.15, 0.2) is 0 Å². The number of hydrogen-bond acceptors (Lipinski definition) is 4. The lowest BCUT2D eigenvalue weighted by molar-refractivity contribution is -0.384. The SMILES string of the molecule is O=C(O)CC1CCCN1C(=O)c1cccc([N+](=O)[O-])c1. The van der Waals surface area contributed by atoms with Crippen molar-refractivity contribution in [2.24, 2.45) is 0 Å². The number of nitrogens with zero attached hydrogens (tertiary/aromatic N) is 2. The van der Waals surface area contributed by atoms with Gasteiger partial charge in [0.05, 0.1) is 11.3 Å². The van der Waals surface area contributed by atoms with E-state index >= 15 is 0 Å². The fourth-order valence-corrected chi connectivity index (χ4v) is 2.44. The van der Waals surface area contributed by atoms with Crippen molar-refractivity contribution in [3.63, 3.8) is 0 Å². The van der Waals surface area contributed by atoms with Crippen LogP contribution in [0.5, 0.6) is 0 Å². The van der Waals surface area contributed by atoms with Crippen molar-refractivity contribution in [2.45, 2.75) is 25.3 Å². The fraction of sp³-hybridized carbons (Fsp3) is 0.385. The first-order chi connectivity index (χ1) is 9.49. The van der Waals surface area contributed by atoms with Crippen LogP contribution in [0, 0.1) is 10.1 Å². The molecular formula is C13H14N2O5. The topological polar surface area (TPSA) is 101 Å². The highest BCUT2D eigenvalue weighted by molar-refractivity contribution is 5.95. The number of hydrogen-bond donors (Lipinski definition) is 1. The summed E-state index contributed by atoms with van der Waals surface area (Å²) in [4.78, 5) is 34.7.